The van der Waals surface area contributed by atoms with Crippen LogP contribution in [0.1, 0.15) is 37.2 Å². The predicted molar refractivity (Wildman–Crippen MR) is 52.1 cm³/mol. The summed E-state index contributed by atoms with van der Waals surface area (Å²) in [6.45, 7) is 0. The topological polar surface area (TPSA) is 9.23 Å². The van der Waals surface area contributed by atoms with Crippen LogP contribution >= 0.6 is 0 Å². The van der Waals surface area contributed by atoms with E-state index in [1.165, 1.54) is 31.2 Å². The Morgan fingerprint density at radius 1 is 1.08 bits per heavy atom. The Morgan fingerprint density at radius 3 is 2.92 bits per heavy atom. The minimum absolute atomic E-state index is 0.492. The highest BCUT2D eigenvalue weighted by Gasteiger charge is 2.35. The minimum atomic E-state index is 0.492. The molecule has 1 fully saturated rings. The third-order valence-corrected chi connectivity index (χ3v) is 3.30. The van der Waals surface area contributed by atoms with E-state index < -0.39 is 0 Å². The van der Waals surface area contributed by atoms with Crippen LogP contribution < -0.4 is 4.74 Å². The van der Waals surface area contributed by atoms with Crippen LogP contribution in [0.4, 0.5) is 0 Å². The van der Waals surface area contributed by atoms with Crippen LogP contribution in [-0.4, -0.2) is 6.10 Å². The lowest BCUT2D eigenvalue weighted by atomic mass is 9.83. The lowest BCUT2D eigenvalue weighted by molar-refractivity contribution is 0.164. The van der Waals surface area contributed by atoms with Crippen molar-refractivity contribution in [3.05, 3.63) is 29.8 Å². The van der Waals surface area contributed by atoms with E-state index in [4.69, 9.17) is 4.74 Å². The van der Waals surface area contributed by atoms with E-state index in [-0.39, 0.29) is 0 Å². The maximum Gasteiger partial charge on any atom is 0.123 e. The van der Waals surface area contributed by atoms with Crippen molar-refractivity contribution in [2.45, 2.75) is 37.7 Å². The molecule has 3 rings (SSSR count). The van der Waals surface area contributed by atoms with E-state index in [2.05, 4.69) is 24.3 Å². The van der Waals surface area contributed by atoms with Crippen LogP contribution in [0.25, 0.3) is 0 Å². The number of hydrogen-bond acceptors (Lipinski definition) is 1. The van der Waals surface area contributed by atoms with Gasteiger partial charge in [-0.15, -0.1) is 0 Å². The van der Waals surface area contributed by atoms with Crippen molar-refractivity contribution in [1.82, 2.24) is 0 Å². The Kier molecular flexibility index (Phi) is 1.58. The van der Waals surface area contributed by atoms with Crippen LogP contribution in [0.15, 0.2) is 24.3 Å². The second-order valence-electron chi connectivity index (χ2n) is 4.09. The number of fused-ring (bicyclic) bond motifs is 3. The third kappa shape index (κ3) is 1.06. The smallest absolute Gasteiger partial charge is 0.123 e. The summed E-state index contributed by atoms with van der Waals surface area (Å²) in [5, 5.41) is 0. The molecule has 1 heterocycles. The second kappa shape index (κ2) is 2.76. The van der Waals surface area contributed by atoms with E-state index in [0.29, 0.717) is 12.0 Å². The lowest BCUT2D eigenvalue weighted by Crippen LogP contribution is -2.22. The Morgan fingerprint density at radius 2 is 1.92 bits per heavy atom. The molecule has 1 nitrogen and oxygen atoms in total. The van der Waals surface area contributed by atoms with Crippen LogP contribution in [0, 0.1) is 0 Å². The van der Waals surface area contributed by atoms with Gasteiger partial charge in [0, 0.05) is 11.5 Å². The SMILES string of the molecule is c1ccc2c(c1)O[C@H]1CCCC[C@@H]21. The highest BCUT2D eigenvalue weighted by Crippen LogP contribution is 2.44. The third-order valence-electron chi connectivity index (χ3n) is 3.30. The maximum absolute atomic E-state index is 5.91. The van der Waals surface area contributed by atoms with Gasteiger partial charge < -0.3 is 4.74 Å². The van der Waals surface area contributed by atoms with Gasteiger partial charge in [-0.1, -0.05) is 24.6 Å². The first-order chi connectivity index (χ1) is 6.45. The highest BCUT2D eigenvalue weighted by molar-refractivity contribution is 5.41. The van der Waals surface area contributed by atoms with Gasteiger partial charge >= 0.3 is 0 Å². The summed E-state index contributed by atoms with van der Waals surface area (Å²) in [5.74, 6) is 1.84. The summed E-state index contributed by atoms with van der Waals surface area (Å²) in [6, 6.07) is 8.52. The molecule has 0 radical (unpaired) electrons. The molecule has 2 atom stereocenters. The van der Waals surface area contributed by atoms with Crippen LogP contribution in [-0.2, 0) is 0 Å². The Bertz CT molecular complexity index is 319. The Labute approximate surface area is 78.7 Å². The minimum Gasteiger partial charge on any atom is -0.489 e. The molecular weight excluding hydrogens is 160 g/mol. The van der Waals surface area contributed by atoms with Gasteiger partial charge in [0.05, 0.1) is 0 Å². The first-order valence-electron chi connectivity index (χ1n) is 5.21. The molecule has 0 saturated heterocycles. The van der Waals surface area contributed by atoms with Gasteiger partial charge in [0.15, 0.2) is 0 Å². The molecule has 0 spiro atoms. The summed E-state index contributed by atoms with van der Waals surface area (Å²) in [6.07, 6.45) is 5.78. The van der Waals surface area contributed by atoms with Crippen molar-refractivity contribution >= 4 is 0 Å². The van der Waals surface area contributed by atoms with Gasteiger partial charge in [-0.25, -0.2) is 0 Å². The molecular formula is C12H14O. The van der Waals surface area contributed by atoms with E-state index >= 15 is 0 Å². The fraction of sp³-hybridized carbons (Fsp3) is 0.500. The van der Waals surface area contributed by atoms with Crippen molar-refractivity contribution in [3.8, 4) is 5.75 Å². The molecule has 1 aromatic rings. The number of benzene rings is 1. The van der Waals surface area contributed by atoms with E-state index in [0.717, 1.165) is 5.75 Å². The van der Waals surface area contributed by atoms with Crippen molar-refractivity contribution in [2.75, 3.05) is 0 Å². The molecule has 1 aromatic carbocycles. The number of hydrogen-bond donors (Lipinski definition) is 0. The van der Waals surface area contributed by atoms with Crippen molar-refractivity contribution in [2.24, 2.45) is 0 Å². The van der Waals surface area contributed by atoms with Gasteiger partial charge in [0.25, 0.3) is 0 Å². The molecule has 2 aliphatic rings. The normalized spacial score (nSPS) is 30.5. The molecule has 0 aromatic heterocycles. The van der Waals surface area contributed by atoms with Crippen LogP contribution in [0.5, 0.6) is 5.75 Å². The summed E-state index contributed by atoms with van der Waals surface area (Å²) in [4.78, 5) is 0. The average molecular weight is 174 g/mol. The zero-order chi connectivity index (χ0) is 8.67. The monoisotopic (exact) mass is 174 g/mol. The molecule has 0 bridgehead atoms. The number of ether oxygens (including phenoxy) is 1. The molecule has 13 heavy (non-hydrogen) atoms. The van der Waals surface area contributed by atoms with Gasteiger partial charge in [-0.05, 0) is 25.3 Å². The Balaban J connectivity index is 2.01. The van der Waals surface area contributed by atoms with Crippen molar-refractivity contribution in [1.29, 1.82) is 0 Å². The van der Waals surface area contributed by atoms with Crippen LogP contribution in [0.3, 0.4) is 0 Å². The largest absolute Gasteiger partial charge is 0.489 e. The first-order valence-corrected chi connectivity index (χ1v) is 5.21. The fourth-order valence-corrected chi connectivity index (χ4v) is 2.65. The molecule has 1 saturated carbocycles. The lowest BCUT2D eigenvalue weighted by Gasteiger charge is -2.23. The Hall–Kier alpha value is -0.980. The van der Waals surface area contributed by atoms with Gasteiger partial charge in [0.2, 0.25) is 0 Å². The summed E-state index contributed by atoms with van der Waals surface area (Å²) >= 11 is 0. The summed E-state index contributed by atoms with van der Waals surface area (Å²) < 4.78 is 5.91. The average Bonchev–Trinajstić information content (AvgIpc) is 2.56. The summed E-state index contributed by atoms with van der Waals surface area (Å²) in [5.41, 5.74) is 1.45. The van der Waals surface area contributed by atoms with Gasteiger partial charge in [-0.3, -0.25) is 0 Å². The van der Waals surface area contributed by atoms with E-state index in [1.54, 1.807) is 0 Å². The predicted octanol–water partition coefficient (Wildman–Crippen LogP) is 3.11. The number of para-hydroxylation sites is 1. The molecule has 0 amide bonds. The molecule has 68 valence electrons. The fourth-order valence-electron chi connectivity index (χ4n) is 2.65. The van der Waals surface area contributed by atoms with Crippen molar-refractivity contribution in [3.63, 3.8) is 0 Å². The zero-order valence-corrected chi connectivity index (χ0v) is 7.70. The maximum atomic E-state index is 5.91. The molecule has 1 aliphatic heterocycles. The number of rotatable bonds is 0. The van der Waals surface area contributed by atoms with Gasteiger partial charge in [0.1, 0.15) is 11.9 Å². The highest BCUT2D eigenvalue weighted by atomic mass is 16.5. The zero-order valence-electron chi connectivity index (χ0n) is 7.70. The van der Waals surface area contributed by atoms with Crippen LogP contribution in [0.2, 0.25) is 0 Å². The summed E-state index contributed by atoms with van der Waals surface area (Å²) in [7, 11) is 0. The van der Waals surface area contributed by atoms with E-state index in [1.807, 2.05) is 0 Å². The van der Waals surface area contributed by atoms with Gasteiger partial charge in [-0.2, -0.15) is 0 Å². The molecule has 1 heteroatoms. The molecule has 0 N–H and O–H groups in total. The first kappa shape index (κ1) is 7.43. The van der Waals surface area contributed by atoms with Crippen molar-refractivity contribution < 1.29 is 4.74 Å². The quantitative estimate of drug-likeness (QED) is 0.587. The second-order valence-corrected chi connectivity index (χ2v) is 4.09. The van der Waals surface area contributed by atoms with E-state index in [9.17, 15) is 0 Å². The standard InChI is InChI=1S/C12H14O/c1-3-7-11-9(5-1)10-6-2-4-8-12(10)13-11/h1,3,5,7,10,12H,2,4,6,8H2/t10-,12-/m0/s1. The molecule has 0 unspecified atom stereocenters. The molecule has 1 aliphatic carbocycles.